The van der Waals surface area contributed by atoms with Gasteiger partial charge in [0.05, 0.1) is 4.92 Å². The highest BCUT2D eigenvalue weighted by atomic mass is 16.6. The van der Waals surface area contributed by atoms with Gasteiger partial charge in [-0.3, -0.25) is 14.9 Å². The molecule has 1 amide bonds. The predicted molar refractivity (Wildman–Crippen MR) is 62.8 cm³/mol. The first-order valence-electron chi connectivity index (χ1n) is 5.37. The van der Waals surface area contributed by atoms with Crippen molar-refractivity contribution in [2.75, 3.05) is 11.9 Å². The van der Waals surface area contributed by atoms with Crippen LogP contribution in [0, 0.1) is 10.1 Å². The minimum absolute atomic E-state index is 0.00454. The van der Waals surface area contributed by atoms with E-state index in [0.29, 0.717) is 12.1 Å². The zero-order valence-electron chi connectivity index (χ0n) is 9.45. The molecule has 0 fully saturated rings. The molecule has 1 heterocycles. The number of carbonyl (C=O) groups excluding carboxylic acids is 1. The Hall–Kier alpha value is -1.95. The molecule has 1 aliphatic heterocycles. The van der Waals surface area contributed by atoms with Crippen molar-refractivity contribution in [1.82, 2.24) is 5.32 Å². The standard InChI is InChI=1S/C11H13N3O3/c1-7(15)13-10-3-2-8-4-5-12-6-9(8)11(10)14(16)17/h2-3,12H,4-6H2,1H3,(H,13,15). The van der Waals surface area contributed by atoms with Gasteiger partial charge >= 0.3 is 0 Å². The van der Waals surface area contributed by atoms with Crippen LogP contribution >= 0.6 is 0 Å². The smallest absolute Gasteiger partial charge is 0.297 e. The van der Waals surface area contributed by atoms with E-state index in [2.05, 4.69) is 10.6 Å². The summed E-state index contributed by atoms with van der Waals surface area (Å²) in [6.45, 7) is 2.63. The first kappa shape index (κ1) is 11.5. The highest BCUT2D eigenvalue weighted by Crippen LogP contribution is 2.32. The van der Waals surface area contributed by atoms with Crippen LogP contribution in [0.2, 0.25) is 0 Å². The predicted octanol–water partition coefficient (Wildman–Crippen LogP) is 1.20. The Labute approximate surface area is 98.2 Å². The van der Waals surface area contributed by atoms with Gasteiger partial charge in [0.15, 0.2) is 0 Å². The molecular formula is C11H13N3O3. The quantitative estimate of drug-likeness (QED) is 0.596. The molecule has 1 aromatic carbocycles. The Morgan fingerprint density at radius 2 is 2.29 bits per heavy atom. The lowest BCUT2D eigenvalue weighted by atomic mass is 9.98. The number of nitro benzene ring substituents is 1. The zero-order valence-corrected chi connectivity index (χ0v) is 9.45. The molecule has 0 spiro atoms. The molecule has 1 aromatic rings. The van der Waals surface area contributed by atoms with Crippen LogP contribution in [0.4, 0.5) is 11.4 Å². The van der Waals surface area contributed by atoms with Gasteiger partial charge in [0.25, 0.3) is 5.69 Å². The van der Waals surface area contributed by atoms with Gasteiger partial charge in [0, 0.05) is 19.0 Å². The van der Waals surface area contributed by atoms with Crippen LogP contribution in [0.25, 0.3) is 0 Å². The van der Waals surface area contributed by atoms with Gasteiger partial charge in [-0.15, -0.1) is 0 Å². The average Bonchev–Trinajstić information content (AvgIpc) is 2.27. The lowest BCUT2D eigenvalue weighted by molar-refractivity contribution is -0.384. The molecule has 90 valence electrons. The summed E-state index contributed by atoms with van der Waals surface area (Å²) in [5, 5.41) is 16.7. The minimum Gasteiger partial charge on any atom is -0.321 e. The van der Waals surface area contributed by atoms with E-state index in [1.54, 1.807) is 6.07 Å². The first-order chi connectivity index (χ1) is 8.09. The number of nitrogens with one attached hydrogen (secondary N) is 2. The largest absolute Gasteiger partial charge is 0.321 e. The van der Waals surface area contributed by atoms with Crippen LogP contribution in [-0.2, 0) is 17.8 Å². The van der Waals surface area contributed by atoms with Crippen LogP contribution in [0.15, 0.2) is 12.1 Å². The number of nitro groups is 1. The number of rotatable bonds is 2. The summed E-state index contributed by atoms with van der Waals surface area (Å²) in [5.41, 5.74) is 1.92. The van der Waals surface area contributed by atoms with Crippen molar-refractivity contribution in [1.29, 1.82) is 0 Å². The molecule has 17 heavy (non-hydrogen) atoms. The molecule has 0 radical (unpaired) electrons. The topological polar surface area (TPSA) is 84.3 Å². The molecule has 2 N–H and O–H groups in total. The maximum atomic E-state index is 11.1. The molecule has 0 saturated heterocycles. The van der Waals surface area contributed by atoms with Gasteiger partial charge in [-0.2, -0.15) is 0 Å². The van der Waals surface area contributed by atoms with Crippen molar-refractivity contribution in [3.05, 3.63) is 33.4 Å². The van der Waals surface area contributed by atoms with E-state index in [1.807, 2.05) is 6.07 Å². The third-order valence-electron chi connectivity index (χ3n) is 2.75. The number of benzene rings is 1. The molecule has 0 aliphatic carbocycles. The van der Waals surface area contributed by atoms with Crippen molar-refractivity contribution in [2.45, 2.75) is 19.9 Å². The highest BCUT2D eigenvalue weighted by Gasteiger charge is 2.24. The van der Waals surface area contributed by atoms with E-state index in [9.17, 15) is 14.9 Å². The SMILES string of the molecule is CC(=O)Nc1ccc2c(c1[N+](=O)[O-])CNCC2. The number of carbonyl (C=O) groups is 1. The minimum atomic E-state index is -0.433. The second kappa shape index (κ2) is 4.50. The van der Waals surface area contributed by atoms with E-state index in [1.165, 1.54) is 6.92 Å². The van der Waals surface area contributed by atoms with Crippen molar-refractivity contribution in [3.63, 3.8) is 0 Å². The van der Waals surface area contributed by atoms with E-state index < -0.39 is 4.92 Å². The molecular weight excluding hydrogens is 222 g/mol. The lowest BCUT2D eigenvalue weighted by Gasteiger charge is -2.18. The Morgan fingerprint density at radius 1 is 1.53 bits per heavy atom. The van der Waals surface area contributed by atoms with Gasteiger partial charge < -0.3 is 10.6 Å². The summed E-state index contributed by atoms with van der Waals surface area (Å²) < 4.78 is 0. The average molecular weight is 235 g/mol. The molecule has 6 heteroatoms. The molecule has 0 aromatic heterocycles. The number of amides is 1. The molecule has 1 aliphatic rings. The van der Waals surface area contributed by atoms with E-state index >= 15 is 0 Å². The van der Waals surface area contributed by atoms with Crippen LogP contribution in [0.3, 0.4) is 0 Å². The monoisotopic (exact) mass is 235 g/mol. The second-order valence-electron chi connectivity index (χ2n) is 3.96. The fourth-order valence-corrected chi connectivity index (χ4v) is 2.05. The fourth-order valence-electron chi connectivity index (χ4n) is 2.05. The van der Waals surface area contributed by atoms with Gasteiger partial charge in [0.2, 0.25) is 5.91 Å². The fraction of sp³-hybridized carbons (Fsp3) is 0.364. The lowest BCUT2D eigenvalue weighted by Crippen LogP contribution is -2.25. The number of hydrogen-bond acceptors (Lipinski definition) is 4. The van der Waals surface area contributed by atoms with Crippen molar-refractivity contribution < 1.29 is 9.72 Å². The summed E-state index contributed by atoms with van der Waals surface area (Å²) in [6, 6.07) is 3.44. The summed E-state index contributed by atoms with van der Waals surface area (Å²) in [7, 11) is 0. The van der Waals surface area contributed by atoms with E-state index in [4.69, 9.17) is 0 Å². The summed E-state index contributed by atoms with van der Waals surface area (Å²) in [4.78, 5) is 21.7. The molecule has 0 bridgehead atoms. The second-order valence-corrected chi connectivity index (χ2v) is 3.96. The summed E-state index contributed by atoms with van der Waals surface area (Å²) >= 11 is 0. The molecule has 6 nitrogen and oxygen atoms in total. The number of hydrogen-bond donors (Lipinski definition) is 2. The normalized spacial score (nSPS) is 13.9. The zero-order chi connectivity index (χ0) is 12.4. The van der Waals surface area contributed by atoms with Crippen molar-refractivity contribution in [3.8, 4) is 0 Å². The van der Waals surface area contributed by atoms with Gasteiger partial charge in [0.1, 0.15) is 5.69 Å². The maximum Gasteiger partial charge on any atom is 0.297 e. The number of nitrogens with zero attached hydrogens (tertiary/aromatic N) is 1. The Morgan fingerprint density at radius 3 is 2.94 bits per heavy atom. The van der Waals surface area contributed by atoms with Crippen molar-refractivity contribution in [2.24, 2.45) is 0 Å². The first-order valence-corrected chi connectivity index (χ1v) is 5.37. The number of fused-ring (bicyclic) bond motifs is 1. The Bertz CT molecular complexity index is 485. The van der Waals surface area contributed by atoms with Crippen molar-refractivity contribution >= 4 is 17.3 Å². The molecule has 0 atom stereocenters. The van der Waals surface area contributed by atoms with Gasteiger partial charge in [-0.05, 0) is 24.6 Å². The Kier molecular flexibility index (Phi) is 3.06. The van der Waals surface area contributed by atoms with Crippen LogP contribution in [0.1, 0.15) is 18.1 Å². The van der Waals surface area contributed by atoms with Gasteiger partial charge in [-0.1, -0.05) is 6.07 Å². The molecule has 2 rings (SSSR count). The molecule has 0 saturated carbocycles. The summed E-state index contributed by atoms with van der Waals surface area (Å²) in [5.74, 6) is -0.309. The van der Waals surface area contributed by atoms with E-state index in [0.717, 1.165) is 18.5 Å². The number of anilines is 1. The van der Waals surface area contributed by atoms with E-state index in [-0.39, 0.29) is 17.3 Å². The van der Waals surface area contributed by atoms with Crippen LogP contribution < -0.4 is 10.6 Å². The Balaban J connectivity index is 2.53. The molecule has 0 unspecified atom stereocenters. The summed E-state index contributed by atoms with van der Waals surface area (Å²) in [6.07, 6.45) is 0.774. The third kappa shape index (κ3) is 2.26. The van der Waals surface area contributed by atoms with Gasteiger partial charge in [-0.25, -0.2) is 0 Å². The third-order valence-corrected chi connectivity index (χ3v) is 2.75. The van der Waals surface area contributed by atoms with Crippen LogP contribution in [0.5, 0.6) is 0 Å². The van der Waals surface area contributed by atoms with Crippen LogP contribution in [-0.4, -0.2) is 17.4 Å². The maximum absolute atomic E-state index is 11.1. The highest BCUT2D eigenvalue weighted by molar-refractivity contribution is 5.92.